The molecule has 1 aromatic carbocycles. The Hall–Kier alpha value is -0.680. The van der Waals surface area contributed by atoms with Crippen molar-refractivity contribution in [1.82, 2.24) is 21.3 Å². The van der Waals surface area contributed by atoms with Gasteiger partial charge in [-0.25, -0.2) is 8.42 Å². The maximum atomic E-state index is 11.6. The minimum absolute atomic E-state index is 0.0611. The molecule has 0 aliphatic carbocycles. The zero-order chi connectivity index (χ0) is 17.9. The number of methoxy groups -OCH3 is 1. The van der Waals surface area contributed by atoms with Crippen molar-refractivity contribution < 1.29 is 13.2 Å². The van der Waals surface area contributed by atoms with E-state index >= 15 is 0 Å². The Morgan fingerprint density at radius 3 is 2.64 bits per heavy atom. The third-order valence-corrected chi connectivity index (χ3v) is 6.77. The molecule has 2 aliphatic heterocycles. The van der Waals surface area contributed by atoms with Crippen LogP contribution in [0.1, 0.15) is 11.6 Å². The van der Waals surface area contributed by atoms with Gasteiger partial charge in [0.15, 0.2) is 9.84 Å². The van der Waals surface area contributed by atoms with Gasteiger partial charge in [0.25, 0.3) is 0 Å². The fourth-order valence-corrected chi connectivity index (χ4v) is 4.72. The average Bonchev–Trinajstić information content (AvgIpc) is 3.12. The van der Waals surface area contributed by atoms with E-state index < -0.39 is 9.84 Å². The summed E-state index contributed by atoms with van der Waals surface area (Å²) in [7, 11) is -1.52. The van der Waals surface area contributed by atoms with Gasteiger partial charge in [0.05, 0.1) is 22.5 Å². The summed E-state index contributed by atoms with van der Waals surface area (Å²) < 4.78 is 28.8. The van der Waals surface area contributed by atoms with Crippen molar-refractivity contribution in [3.8, 4) is 0 Å². The van der Waals surface area contributed by atoms with Gasteiger partial charge in [-0.2, -0.15) is 0 Å². The molecule has 0 amide bonds. The lowest BCUT2D eigenvalue weighted by Gasteiger charge is -2.38. The van der Waals surface area contributed by atoms with Crippen LogP contribution in [0.5, 0.6) is 0 Å². The molecule has 0 spiro atoms. The van der Waals surface area contributed by atoms with Gasteiger partial charge in [-0.05, 0) is 17.7 Å². The maximum Gasteiger partial charge on any atom is 0.175 e. The molecule has 0 saturated carbocycles. The highest BCUT2D eigenvalue weighted by atomic mass is 32.2. The summed E-state index contributed by atoms with van der Waals surface area (Å²) in [6.07, 6.45) is 1.17. The van der Waals surface area contributed by atoms with Crippen LogP contribution in [0, 0.1) is 0 Å². The standard InChI is InChI=1S/C16H26N4O3S2/c1-23-16-15(11-3-5-12(6-4-11)25(2,21)22)20-13(9-19-16)18-10-14-17-7-8-24-14/h3-6,13-20H,7-10H2,1-2H3. The summed E-state index contributed by atoms with van der Waals surface area (Å²) in [5.74, 6) is 1.16. The first-order valence-electron chi connectivity index (χ1n) is 8.38. The van der Waals surface area contributed by atoms with Gasteiger partial charge in [-0.15, -0.1) is 11.8 Å². The molecule has 140 valence electrons. The van der Waals surface area contributed by atoms with Crippen LogP contribution in [0.3, 0.4) is 0 Å². The molecule has 9 heteroatoms. The number of benzene rings is 1. The first-order valence-corrected chi connectivity index (χ1v) is 11.3. The maximum absolute atomic E-state index is 11.6. The Morgan fingerprint density at radius 2 is 2.04 bits per heavy atom. The first-order chi connectivity index (χ1) is 12.0. The van der Waals surface area contributed by atoms with Crippen LogP contribution in [-0.4, -0.2) is 64.9 Å². The van der Waals surface area contributed by atoms with Crippen LogP contribution in [0.25, 0.3) is 0 Å². The van der Waals surface area contributed by atoms with Crippen molar-refractivity contribution in [2.75, 3.05) is 38.8 Å². The number of hydrogen-bond donors (Lipinski definition) is 4. The lowest BCUT2D eigenvalue weighted by atomic mass is 10.0. The predicted octanol–water partition coefficient (Wildman–Crippen LogP) is -0.125. The Kier molecular flexibility index (Phi) is 6.37. The Balaban J connectivity index is 1.66. The zero-order valence-electron chi connectivity index (χ0n) is 14.5. The minimum atomic E-state index is -3.19. The Labute approximate surface area is 153 Å². The highest BCUT2D eigenvalue weighted by Gasteiger charge is 2.31. The van der Waals surface area contributed by atoms with Crippen molar-refractivity contribution in [2.24, 2.45) is 0 Å². The number of nitrogens with one attached hydrogen (secondary N) is 4. The summed E-state index contributed by atoms with van der Waals surface area (Å²) in [6, 6.07) is 6.93. The lowest BCUT2D eigenvalue weighted by molar-refractivity contribution is 0.0123. The van der Waals surface area contributed by atoms with E-state index in [-0.39, 0.29) is 18.4 Å². The van der Waals surface area contributed by atoms with Gasteiger partial charge >= 0.3 is 0 Å². The molecule has 3 rings (SSSR count). The molecule has 7 nitrogen and oxygen atoms in total. The Morgan fingerprint density at radius 1 is 1.28 bits per heavy atom. The van der Waals surface area contributed by atoms with Gasteiger partial charge in [0, 0.05) is 38.8 Å². The van der Waals surface area contributed by atoms with E-state index in [0.29, 0.717) is 10.3 Å². The largest absolute Gasteiger partial charge is 0.365 e. The third-order valence-electron chi connectivity index (χ3n) is 4.47. The average molecular weight is 387 g/mol. The van der Waals surface area contributed by atoms with Crippen molar-refractivity contribution in [2.45, 2.75) is 28.7 Å². The van der Waals surface area contributed by atoms with Crippen molar-refractivity contribution in [3.63, 3.8) is 0 Å². The number of ether oxygens (including phenoxy) is 1. The first kappa shape index (κ1) is 19.1. The number of sulfone groups is 1. The second-order valence-corrected chi connectivity index (χ2v) is 9.65. The summed E-state index contributed by atoms with van der Waals surface area (Å²) in [5.41, 5.74) is 0.992. The lowest BCUT2D eigenvalue weighted by Crippen LogP contribution is -2.62. The van der Waals surface area contributed by atoms with E-state index in [0.717, 1.165) is 31.0 Å². The van der Waals surface area contributed by atoms with E-state index in [9.17, 15) is 8.42 Å². The van der Waals surface area contributed by atoms with Crippen LogP contribution in [0.2, 0.25) is 0 Å². The van der Waals surface area contributed by atoms with Crippen molar-refractivity contribution in [3.05, 3.63) is 29.8 Å². The van der Waals surface area contributed by atoms with E-state index in [1.165, 1.54) is 6.26 Å². The molecule has 25 heavy (non-hydrogen) atoms. The zero-order valence-corrected chi connectivity index (χ0v) is 16.1. The van der Waals surface area contributed by atoms with E-state index in [2.05, 4.69) is 21.3 Å². The number of thioether (sulfide) groups is 1. The molecule has 2 heterocycles. The molecule has 2 aliphatic rings. The highest BCUT2D eigenvalue weighted by Crippen LogP contribution is 2.22. The fourth-order valence-electron chi connectivity index (χ4n) is 3.12. The fraction of sp³-hybridized carbons (Fsp3) is 0.625. The molecular formula is C16H26N4O3S2. The monoisotopic (exact) mass is 386 g/mol. The Bertz CT molecular complexity index is 662. The van der Waals surface area contributed by atoms with Crippen LogP contribution in [0.4, 0.5) is 0 Å². The molecule has 0 aromatic heterocycles. The molecular weight excluding hydrogens is 360 g/mol. The molecule has 2 saturated heterocycles. The molecule has 4 N–H and O–H groups in total. The number of hydrogen-bond acceptors (Lipinski definition) is 8. The SMILES string of the molecule is COC1NCC(NCC2NCCS2)NC1c1ccc(S(C)(=O)=O)cc1. The van der Waals surface area contributed by atoms with Gasteiger partial charge in [0.2, 0.25) is 0 Å². The van der Waals surface area contributed by atoms with Crippen LogP contribution in [-0.2, 0) is 14.6 Å². The third kappa shape index (κ3) is 4.94. The summed E-state index contributed by atoms with van der Waals surface area (Å²) in [4.78, 5) is 0.327. The van der Waals surface area contributed by atoms with Gasteiger partial charge in [-0.1, -0.05) is 12.1 Å². The minimum Gasteiger partial charge on any atom is -0.365 e. The van der Waals surface area contributed by atoms with Gasteiger partial charge < -0.3 is 10.1 Å². The van der Waals surface area contributed by atoms with E-state index in [4.69, 9.17) is 4.74 Å². The quantitative estimate of drug-likeness (QED) is 0.538. The molecule has 4 atom stereocenters. The van der Waals surface area contributed by atoms with Crippen molar-refractivity contribution >= 4 is 21.6 Å². The number of rotatable bonds is 6. The molecule has 0 radical (unpaired) electrons. The van der Waals surface area contributed by atoms with Gasteiger partial charge in [0.1, 0.15) is 6.23 Å². The molecule has 0 bridgehead atoms. The van der Waals surface area contributed by atoms with E-state index in [1.807, 2.05) is 23.9 Å². The molecule has 1 aromatic rings. The topological polar surface area (TPSA) is 91.5 Å². The van der Waals surface area contributed by atoms with Crippen LogP contribution >= 0.6 is 11.8 Å². The molecule has 4 unspecified atom stereocenters. The number of piperazine rings is 1. The van der Waals surface area contributed by atoms with E-state index in [1.54, 1.807) is 19.2 Å². The van der Waals surface area contributed by atoms with Crippen LogP contribution < -0.4 is 21.3 Å². The second-order valence-electron chi connectivity index (χ2n) is 6.32. The normalized spacial score (nSPS) is 30.5. The van der Waals surface area contributed by atoms with Gasteiger partial charge in [-0.3, -0.25) is 16.0 Å². The van der Waals surface area contributed by atoms with Crippen molar-refractivity contribution in [1.29, 1.82) is 0 Å². The van der Waals surface area contributed by atoms with Crippen LogP contribution in [0.15, 0.2) is 29.2 Å². The second kappa shape index (κ2) is 8.34. The summed E-state index contributed by atoms with van der Waals surface area (Å²) in [5, 5.41) is 14.4. The smallest absolute Gasteiger partial charge is 0.175 e. The summed E-state index contributed by atoms with van der Waals surface area (Å²) >= 11 is 1.93. The molecule has 2 fully saturated rings. The predicted molar refractivity (Wildman–Crippen MR) is 100 cm³/mol. The summed E-state index contributed by atoms with van der Waals surface area (Å²) in [6.45, 7) is 2.71. The highest BCUT2D eigenvalue weighted by molar-refractivity contribution is 8.00.